The van der Waals surface area contributed by atoms with Crippen molar-refractivity contribution in [1.82, 2.24) is 4.57 Å². The number of aromatic nitrogens is 1. The third-order valence-electron chi connectivity index (χ3n) is 3.53. The second kappa shape index (κ2) is 4.88. The molecule has 1 aromatic rings. The first-order valence-electron chi connectivity index (χ1n) is 6.29. The van der Waals surface area contributed by atoms with E-state index in [1.807, 2.05) is 0 Å². The summed E-state index contributed by atoms with van der Waals surface area (Å²) in [5.41, 5.74) is 10.4. The molecule has 16 heavy (non-hydrogen) atoms. The Morgan fingerprint density at radius 2 is 2.38 bits per heavy atom. The van der Waals surface area contributed by atoms with Gasteiger partial charge in [-0.2, -0.15) is 0 Å². The average Bonchev–Trinajstić information content (AvgIpc) is 2.58. The minimum Gasteiger partial charge on any atom is -0.348 e. The van der Waals surface area contributed by atoms with Gasteiger partial charge in [-0.25, -0.2) is 0 Å². The van der Waals surface area contributed by atoms with Gasteiger partial charge in [-0.15, -0.1) is 0 Å². The molecule has 2 N–H and O–H groups in total. The summed E-state index contributed by atoms with van der Waals surface area (Å²) in [7, 11) is 0. The van der Waals surface area contributed by atoms with E-state index in [4.69, 9.17) is 5.73 Å². The smallest absolute Gasteiger partial charge is 0.0313 e. The maximum Gasteiger partial charge on any atom is 0.0313 e. The molecule has 1 atom stereocenters. The van der Waals surface area contributed by atoms with Crippen LogP contribution in [0.25, 0.3) is 0 Å². The van der Waals surface area contributed by atoms with E-state index < -0.39 is 0 Å². The summed E-state index contributed by atoms with van der Waals surface area (Å²) in [5, 5.41) is 0. The lowest BCUT2D eigenvalue weighted by Gasteiger charge is -2.21. The molecule has 2 nitrogen and oxygen atoms in total. The van der Waals surface area contributed by atoms with Crippen LogP contribution in [0.4, 0.5) is 0 Å². The molecule has 2 rings (SSSR count). The van der Waals surface area contributed by atoms with Gasteiger partial charge in [-0.05, 0) is 51.2 Å². The van der Waals surface area contributed by atoms with Crippen molar-refractivity contribution in [3.63, 3.8) is 0 Å². The molecule has 88 valence electrons. The van der Waals surface area contributed by atoms with Crippen LogP contribution in [0.3, 0.4) is 0 Å². The van der Waals surface area contributed by atoms with Crippen molar-refractivity contribution >= 4 is 0 Å². The number of aryl methyl sites for hydroxylation is 1. The third-order valence-corrected chi connectivity index (χ3v) is 3.53. The molecule has 0 aliphatic heterocycles. The lowest BCUT2D eigenvalue weighted by atomic mass is 9.93. The van der Waals surface area contributed by atoms with Crippen LogP contribution in [0, 0.1) is 6.92 Å². The number of nitrogens with two attached hydrogens (primary N) is 1. The molecule has 0 radical (unpaired) electrons. The number of fused-ring (bicyclic) bond motifs is 1. The van der Waals surface area contributed by atoms with E-state index in [1.54, 1.807) is 0 Å². The maximum atomic E-state index is 6.16. The minimum atomic E-state index is 0.269. The van der Waals surface area contributed by atoms with Crippen LogP contribution >= 0.6 is 0 Å². The van der Waals surface area contributed by atoms with Crippen molar-refractivity contribution in [2.45, 2.75) is 52.1 Å². The quantitative estimate of drug-likeness (QED) is 0.776. The van der Waals surface area contributed by atoms with Crippen LogP contribution in [0.1, 0.15) is 49.2 Å². The molecule has 1 aliphatic carbocycles. The normalized spacial score (nSPS) is 20.3. The summed E-state index contributed by atoms with van der Waals surface area (Å²) in [6.07, 6.45) is 9.05. The Morgan fingerprint density at radius 1 is 1.56 bits per heavy atom. The molecule has 2 heteroatoms. The molecule has 1 heterocycles. The van der Waals surface area contributed by atoms with E-state index in [2.05, 4.69) is 36.6 Å². The molecule has 1 aromatic heterocycles. The Bertz CT molecular complexity index is 388. The molecular weight excluding hydrogens is 196 g/mol. The van der Waals surface area contributed by atoms with E-state index in [1.165, 1.54) is 29.8 Å². The van der Waals surface area contributed by atoms with E-state index in [0.717, 1.165) is 19.4 Å². The van der Waals surface area contributed by atoms with Crippen LogP contribution in [-0.2, 0) is 13.0 Å². The molecule has 0 amide bonds. The van der Waals surface area contributed by atoms with Gasteiger partial charge in [0.2, 0.25) is 0 Å². The zero-order chi connectivity index (χ0) is 11.5. The highest BCUT2D eigenvalue weighted by Crippen LogP contribution is 2.30. The molecule has 0 saturated carbocycles. The Hall–Kier alpha value is -1.02. The first-order chi connectivity index (χ1) is 7.74. The lowest BCUT2D eigenvalue weighted by Crippen LogP contribution is -2.18. The number of nitrogens with zero attached hydrogens (tertiary/aromatic N) is 1. The first kappa shape index (κ1) is 11.5. The maximum absolute atomic E-state index is 6.16. The zero-order valence-corrected chi connectivity index (χ0v) is 10.4. The van der Waals surface area contributed by atoms with Crippen LogP contribution in [-0.4, -0.2) is 4.57 Å². The molecule has 0 spiro atoms. The summed E-state index contributed by atoms with van der Waals surface area (Å²) in [6, 6.07) is 2.56. The van der Waals surface area contributed by atoms with Gasteiger partial charge in [-0.1, -0.05) is 12.2 Å². The summed E-state index contributed by atoms with van der Waals surface area (Å²) >= 11 is 0. The minimum absolute atomic E-state index is 0.269. The van der Waals surface area contributed by atoms with Crippen LogP contribution in [0.5, 0.6) is 0 Å². The second-order valence-corrected chi connectivity index (χ2v) is 4.70. The second-order valence-electron chi connectivity index (χ2n) is 4.70. The Kier molecular flexibility index (Phi) is 3.49. The van der Waals surface area contributed by atoms with Crippen molar-refractivity contribution in [2.24, 2.45) is 5.73 Å². The summed E-state index contributed by atoms with van der Waals surface area (Å²) in [5.74, 6) is 0. The summed E-state index contributed by atoms with van der Waals surface area (Å²) < 4.78 is 2.45. The number of allylic oxidation sites excluding steroid dienone is 2. The fourth-order valence-electron chi connectivity index (χ4n) is 2.68. The molecule has 1 aliphatic rings. The lowest BCUT2D eigenvalue weighted by molar-refractivity contribution is 0.538. The van der Waals surface area contributed by atoms with E-state index >= 15 is 0 Å². The number of hydrogen-bond donors (Lipinski definition) is 1. The highest BCUT2D eigenvalue weighted by Gasteiger charge is 2.21. The largest absolute Gasteiger partial charge is 0.348 e. The van der Waals surface area contributed by atoms with Crippen molar-refractivity contribution < 1.29 is 0 Å². The van der Waals surface area contributed by atoms with Crippen molar-refractivity contribution in [3.05, 3.63) is 35.2 Å². The predicted molar refractivity (Wildman–Crippen MR) is 68.5 cm³/mol. The first-order valence-corrected chi connectivity index (χ1v) is 6.29. The molecule has 0 bridgehead atoms. The Morgan fingerprint density at radius 3 is 3.12 bits per heavy atom. The topological polar surface area (TPSA) is 30.9 Å². The zero-order valence-electron chi connectivity index (χ0n) is 10.4. The van der Waals surface area contributed by atoms with Crippen molar-refractivity contribution in [3.8, 4) is 0 Å². The standard InChI is InChI=1S/C14H22N2/c1-3-4-5-9-16-11(2)10-12-13(15)7-6-8-14(12)16/h3-4,10,13H,5-9,15H2,1-2H3/b4-3+. The van der Waals surface area contributed by atoms with Crippen molar-refractivity contribution in [2.75, 3.05) is 0 Å². The monoisotopic (exact) mass is 218 g/mol. The molecule has 0 aromatic carbocycles. The van der Waals surface area contributed by atoms with Gasteiger partial charge in [-0.3, -0.25) is 0 Å². The van der Waals surface area contributed by atoms with Gasteiger partial charge in [0.25, 0.3) is 0 Å². The highest BCUT2D eigenvalue weighted by molar-refractivity contribution is 5.32. The van der Waals surface area contributed by atoms with Gasteiger partial charge in [0.1, 0.15) is 0 Å². The van der Waals surface area contributed by atoms with Crippen LogP contribution in [0.2, 0.25) is 0 Å². The molecular formula is C14H22N2. The molecule has 0 saturated heterocycles. The van der Waals surface area contributed by atoms with Crippen LogP contribution < -0.4 is 5.73 Å². The molecule has 0 fully saturated rings. The van der Waals surface area contributed by atoms with Gasteiger partial charge >= 0.3 is 0 Å². The number of hydrogen-bond acceptors (Lipinski definition) is 1. The van der Waals surface area contributed by atoms with E-state index in [-0.39, 0.29) is 6.04 Å². The fourth-order valence-corrected chi connectivity index (χ4v) is 2.68. The van der Waals surface area contributed by atoms with Gasteiger partial charge < -0.3 is 10.3 Å². The van der Waals surface area contributed by atoms with Crippen molar-refractivity contribution in [1.29, 1.82) is 0 Å². The average molecular weight is 218 g/mol. The van der Waals surface area contributed by atoms with Gasteiger partial charge in [0, 0.05) is 24.0 Å². The van der Waals surface area contributed by atoms with Gasteiger partial charge in [0.15, 0.2) is 0 Å². The van der Waals surface area contributed by atoms with E-state index in [9.17, 15) is 0 Å². The van der Waals surface area contributed by atoms with Gasteiger partial charge in [0.05, 0.1) is 0 Å². The fraction of sp³-hybridized carbons (Fsp3) is 0.571. The SMILES string of the molecule is C/C=C/CCn1c(C)cc2c1CCCC2N. The van der Waals surface area contributed by atoms with Crippen LogP contribution in [0.15, 0.2) is 18.2 Å². The summed E-state index contributed by atoms with van der Waals surface area (Å²) in [6.45, 7) is 5.37. The molecule has 1 unspecified atom stereocenters. The Balaban J connectivity index is 2.24. The number of rotatable bonds is 3. The highest BCUT2D eigenvalue weighted by atomic mass is 15.0. The third kappa shape index (κ3) is 2.07. The predicted octanol–water partition coefficient (Wildman–Crippen LogP) is 3.10. The van der Waals surface area contributed by atoms with E-state index in [0.29, 0.717) is 0 Å². The Labute approximate surface area is 98.1 Å². The summed E-state index contributed by atoms with van der Waals surface area (Å²) in [4.78, 5) is 0.